The van der Waals surface area contributed by atoms with E-state index in [9.17, 15) is 0 Å². The molecule has 0 saturated carbocycles. The fourth-order valence-corrected chi connectivity index (χ4v) is 0. The molecular weight excluding hydrogens is 320 g/mol. The van der Waals surface area contributed by atoms with Gasteiger partial charge in [-0.15, -0.1) is 0 Å². The van der Waals surface area contributed by atoms with Gasteiger partial charge >= 0.3 is 7.82 Å². The summed E-state index contributed by atoms with van der Waals surface area (Å²) in [4.78, 5) is 21.6. The van der Waals surface area contributed by atoms with Crippen LogP contribution in [0, 0.1) is 0 Å². The Bertz CT molecular complexity index is 64.7. The van der Waals surface area contributed by atoms with Crippen molar-refractivity contribution in [2.75, 3.05) is 0 Å². The number of rotatable bonds is 0. The van der Waals surface area contributed by atoms with Crippen molar-refractivity contribution in [2.45, 2.75) is 0 Å². The number of phosphoric acid groups is 1. The molecule has 9 heavy (non-hydrogen) atoms. The van der Waals surface area contributed by atoms with Crippen LogP contribution in [0.2, 0.25) is 0 Å². The van der Waals surface area contributed by atoms with Crippen molar-refractivity contribution in [2.24, 2.45) is 0 Å². The molecule has 0 spiro atoms. The van der Waals surface area contributed by atoms with Gasteiger partial charge in [0.2, 0.25) is 0 Å². The van der Waals surface area contributed by atoms with Gasteiger partial charge in [-0.3, -0.25) is 0 Å². The fourth-order valence-electron chi connectivity index (χ4n) is 0. The van der Waals surface area contributed by atoms with Gasteiger partial charge in [0, 0.05) is 67.7 Å². The van der Waals surface area contributed by atoms with E-state index in [0.717, 1.165) is 0 Å². The maximum atomic E-state index is 8.88. The van der Waals surface area contributed by atoms with Gasteiger partial charge in [0.05, 0.1) is 0 Å². The third kappa shape index (κ3) is 145. The van der Waals surface area contributed by atoms with Crippen LogP contribution in [0.25, 0.3) is 0 Å². The standard InChI is InChI=1S/2Fe.Mn.Ni.H3O4P/c;;;;1-5(2,3)4/h;;;;(H3,1,2,3,4). The topological polar surface area (TPSA) is 77.8 Å². The minimum atomic E-state index is -4.64. The van der Waals surface area contributed by atoms with E-state index < -0.39 is 7.82 Å². The molecule has 0 saturated heterocycles. The van der Waals surface area contributed by atoms with Crippen LogP contribution < -0.4 is 0 Å². The van der Waals surface area contributed by atoms with E-state index in [4.69, 9.17) is 19.2 Å². The van der Waals surface area contributed by atoms with Crippen LogP contribution in [-0.2, 0) is 72.3 Å². The van der Waals surface area contributed by atoms with Gasteiger partial charge in [-0.05, 0) is 0 Å². The zero-order valence-electron chi connectivity index (χ0n) is 3.60. The van der Waals surface area contributed by atoms with Crippen LogP contribution in [0.5, 0.6) is 0 Å². The SMILES string of the molecule is O=P(O)(O)O.[Fe].[Fe].[Mn].[Ni]. The van der Waals surface area contributed by atoms with E-state index in [0.29, 0.717) is 0 Å². The second-order valence-corrected chi connectivity index (χ2v) is 1.54. The number of hydrogen-bond donors (Lipinski definition) is 3. The first-order chi connectivity index (χ1) is 2.00. The summed E-state index contributed by atoms with van der Waals surface area (Å²) in [7, 11) is -4.64. The second-order valence-electron chi connectivity index (χ2n) is 0.513. The average Bonchev–Trinajstić information content (AvgIpc) is 0.722. The Morgan fingerprint density at radius 1 is 1.00 bits per heavy atom. The van der Waals surface area contributed by atoms with Gasteiger partial charge < -0.3 is 14.7 Å². The molecule has 0 amide bonds. The minimum absolute atomic E-state index is 0. The average molecular weight is 323 g/mol. The van der Waals surface area contributed by atoms with E-state index >= 15 is 0 Å². The summed E-state index contributed by atoms with van der Waals surface area (Å²) in [5.41, 5.74) is 0. The molecule has 65 valence electrons. The smallest absolute Gasteiger partial charge is 0.303 e. The van der Waals surface area contributed by atoms with Crippen molar-refractivity contribution in [1.82, 2.24) is 0 Å². The van der Waals surface area contributed by atoms with E-state index in [2.05, 4.69) is 0 Å². The summed E-state index contributed by atoms with van der Waals surface area (Å²) in [5.74, 6) is 0. The van der Waals surface area contributed by atoms with E-state index in [1.807, 2.05) is 0 Å². The van der Waals surface area contributed by atoms with Gasteiger partial charge in [-0.1, -0.05) is 0 Å². The van der Waals surface area contributed by atoms with Crippen molar-refractivity contribution in [3.05, 3.63) is 0 Å². The molecule has 1 radical (unpaired) electrons. The summed E-state index contributed by atoms with van der Waals surface area (Å²) >= 11 is 0. The first-order valence-electron chi connectivity index (χ1n) is 0.783. The monoisotopic (exact) mass is 323 g/mol. The van der Waals surface area contributed by atoms with Crippen molar-refractivity contribution >= 4 is 7.82 Å². The molecule has 9 heteroatoms. The summed E-state index contributed by atoms with van der Waals surface area (Å²) in [5, 5.41) is 0. The molecule has 3 N–H and O–H groups in total. The molecule has 0 aliphatic carbocycles. The van der Waals surface area contributed by atoms with Crippen LogP contribution in [0.3, 0.4) is 0 Å². The Balaban J connectivity index is -0.0000000133. The second kappa shape index (κ2) is 12.8. The zero-order valence-corrected chi connectivity index (χ0v) is 8.87. The first kappa shape index (κ1) is 30.4. The molecule has 0 fully saturated rings. The van der Waals surface area contributed by atoms with Gasteiger partial charge in [0.1, 0.15) is 0 Å². The van der Waals surface area contributed by atoms with Crippen molar-refractivity contribution < 1.29 is 86.9 Å². The largest absolute Gasteiger partial charge is 0.466 e. The third-order valence-corrected chi connectivity index (χ3v) is 0. The quantitative estimate of drug-likeness (QED) is 0.397. The summed E-state index contributed by atoms with van der Waals surface area (Å²) < 4.78 is 8.88. The first-order valence-corrected chi connectivity index (χ1v) is 2.35. The normalized spacial score (nSPS) is 6.56. The Morgan fingerprint density at radius 3 is 1.00 bits per heavy atom. The molecular formula is H3Fe2MnNiO4P. The van der Waals surface area contributed by atoms with Crippen LogP contribution >= 0.6 is 7.82 Å². The summed E-state index contributed by atoms with van der Waals surface area (Å²) in [6, 6.07) is 0. The Labute approximate surface area is 94.1 Å². The molecule has 0 atom stereocenters. The molecule has 0 aliphatic rings. The van der Waals surface area contributed by atoms with Gasteiger partial charge in [0.15, 0.2) is 0 Å². The molecule has 0 aromatic carbocycles. The predicted octanol–water partition coefficient (Wildman–Crippen LogP) is -0.939. The molecule has 0 aromatic rings. The summed E-state index contributed by atoms with van der Waals surface area (Å²) in [6.07, 6.45) is 0. The fraction of sp³-hybridized carbons (Fsp3) is 0. The maximum Gasteiger partial charge on any atom is 0.466 e. The van der Waals surface area contributed by atoms with E-state index in [-0.39, 0.29) is 67.7 Å². The minimum Gasteiger partial charge on any atom is -0.303 e. The van der Waals surface area contributed by atoms with Crippen LogP contribution in [0.1, 0.15) is 0 Å². The summed E-state index contributed by atoms with van der Waals surface area (Å²) in [6.45, 7) is 0. The molecule has 0 aromatic heterocycles. The van der Waals surface area contributed by atoms with E-state index in [1.54, 1.807) is 0 Å². The molecule has 0 heterocycles. The van der Waals surface area contributed by atoms with Crippen LogP contribution in [0.15, 0.2) is 0 Å². The Kier molecular flexibility index (Phi) is 43.2. The van der Waals surface area contributed by atoms with Crippen LogP contribution in [0.4, 0.5) is 0 Å². The third-order valence-electron chi connectivity index (χ3n) is 0. The Hall–Kier alpha value is 2.16. The Morgan fingerprint density at radius 2 is 1.00 bits per heavy atom. The molecule has 0 rings (SSSR count). The van der Waals surface area contributed by atoms with E-state index in [1.165, 1.54) is 0 Å². The van der Waals surface area contributed by atoms with Crippen molar-refractivity contribution in [1.29, 1.82) is 0 Å². The molecule has 0 bridgehead atoms. The van der Waals surface area contributed by atoms with Gasteiger partial charge in [0.25, 0.3) is 0 Å². The van der Waals surface area contributed by atoms with Gasteiger partial charge in [-0.25, -0.2) is 4.57 Å². The zero-order chi connectivity index (χ0) is 4.50. The predicted molar refractivity (Wildman–Crippen MR) is 14.3 cm³/mol. The van der Waals surface area contributed by atoms with Crippen molar-refractivity contribution in [3.63, 3.8) is 0 Å². The maximum absolute atomic E-state index is 8.88. The molecule has 0 aliphatic heterocycles. The number of hydrogen-bond acceptors (Lipinski definition) is 1. The molecule has 0 unspecified atom stereocenters. The van der Waals surface area contributed by atoms with Gasteiger partial charge in [-0.2, -0.15) is 0 Å². The molecule has 4 nitrogen and oxygen atoms in total. The van der Waals surface area contributed by atoms with Crippen molar-refractivity contribution in [3.8, 4) is 0 Å². The van der Waals surface area contributed by atoms with Crippen LogP contribution in [-0.4, -0.2) is 14.7 Å².